The molecule has 0 rings (SSSR count). The van der Waals surface area contributed by atoms with E-state index in [-0.39, 0.29) is 16.5 Å². The van der Waals surface area contributed by atoms with Crippen molar-refractivity contribution in [3.63, 3.8) is 0 Å². The summed E-state index contributed by atoms with van der Waals surface area (Å²) >= 11 is -11.2. The molecule has 0 aromatic heterocycles. The Balaban J connectivity index is -0.000000107. The van der Waals surface area contributed by atoms with Crippen LogP contribution in [0.5, 0.6) is 0 Å². The Bertz CT molecular complexity index is 55.1. The summed E-state index contributed by atoms with van der Waals surface area (Å²) in [5.74, 6) is 0. The minimum absolute atomic E-state index is 0. The van der Waals surface area contributed by atoms with Crippen LogP contribution in [0, 0.1) is 28.2 Å². The Morgan fingerprint density at radius 1 is 0.455 bits per heavy atom. The molecule has 0 aliphatic carbocycles. The number of hydrogen-bond donors (Lipinski definition) is 0. The molecule has 0 heterocycles. The fraction of sp³-hybridized carbons (Fsp3) is 0. The molecule has 0 atom stereocenters. The minimum Gasteiger partial charge on any atom is -0.264 e. The van der Waals surface area contributed by atoms with E-state index in [0.29, 0.717) is 0 Å². The first-order valence-corrected chi connectivity index (χ1v) is 6.41. The van der Waals surface area contributed by atoms with E-state index >= 15 is 0 Å². The van der Waals surface area contributed by atoms with Gasteiger partial charge < -0.3 is 0 Å². The zero-order chi connectivity index (χ0) is 9.00. The molecule has 11 heavy (non-hydrogen) atoms. The van der Waals surface area contributed by atoms with E-state index in [1.165, 1.54) is 0 Å². The largest absolute Gasteiger partial charge is 2.00 e. The van der Waals surface area contributed by atoms with Gasteiger partial charge in [-0.1, -0.05) is 0 Å². The van der Waals surface area contributed by atoms with Crippen LogP contribution < -0.4 is 33.6 Å². The molecule has 0 saturated heterocycles. The molecule has 72 valence electrons. The third-order valence-electron chi connectivity index (χ3n) is 0. The van der Waals surface area contributed by atoms with E-state index in [4.69, 9.17) is 33.6 Å². The van der Waals surface area contributed by atoms with Gasteiger partial charge in [0.05, 0.1) is 28.2 Å². The second-order valence-corrected chi connectivity index (χ2v) is 3.93. The SMILES string of the molecule is [Ni+2].[O-][Br+3]([O-])([O-])[O-].[O-][Br+3]([O-])([O-])[O-]. The molecule has 0 N–H and O–H groups in total. The number of halogens is 2. The summed E-state index contributed by atoms with van der Waals surface area (Å²) in [6.07, 6.45) is 0. The fourth-order valence-corrected chi connectivity index (χ4v) is 0. The normalized spacial score (nSPS) is 10.9. The Morgan fingerprint density at radius 2 is 0.455 bits per heavy atom. The first-order valence-electron chi connectivity index (χ1n) is 1.23. The van der Waals surface area contributed by atoms with Crippen molar-refractivity contribution in [1.29, 1.82) is 0 Å². The van der Waals surface area contributed by atoms with Crippen LogP contribution >= 0.6 is 0 Å². The summed E-state index contributed by atoms with van der Waals surface area (Å²) in [6, 6.07) is 0. The molecule has 0 aliphatic rings. The third kappa shape index (κ3) is 723. The summed E-state index contributed by atoms with van der Waals surface area (Å²) in [5, 5.41) is 0. The van der Waals surface area contributed by atoms with Gasteiger partial charge in [0, 0.05) is 0 Å². The van der Waals surface area contributed by atoms with Gasteiger partial charge in [0.2, 0.25) is 0 Å². The maximum absolute atomic E-state index is 8.58. The molecular weight excluding hydrogens is 346 g/mol. The smallest absolute Gasteiger partial charge is 0.264 e. The van der Waals surface area contributed by atoms with Gasteiger partial charge in [-0.25, -0.2) is 0 Å². The van der Waals surface area contributed by atoms with Gasteiger partial charge in [-0.15, -0.1) is 0 Å². The molecular formula is Br2NiO8. The van der Waals surface area contributed by atoms with Crippen LogP contribution in [0.4, 0.5) is 0 Å². The van der Waals surface area contributed by atoms with E-state index in [1.54, 1.807) is 0 Å². The fourth-order valence-electron chi connectivity index (χ4n) is 0. The second kappa shape index (κ2) is 6.63. The standard InChI is InChI=1S/2BrO4.Ni/c2*2-1(3,4)5;/q2*-1;+2. The van der Waals surface area contributed by atoms with Crippen LogP contribution in [-0.4, -0.2) is 0 Å². The Kier molecular flexibility index (Phi) is 10.9. The monoisotopic (exact) mass is 344 g/mol. The zero-order valence-corrected chi connectivity index (χ0v) is 8.50. The van der Waals surface area contributed by atoms with E-state index in [2.05, 4.69) is 0 Å². The summed E-state index contributed by atoms with van der Waals surface area (Å²) in [7, 11) is 0. The van der Waals surface area contributed by atoms with Crippen molar-refractivity contribution in [2.24, 2.45) is 0 Å². The molecule has 0 bridgehead atoms. The van der Waals surface area contributed by atoms with E-state index in [0.717, 1.165) is 0 Å². The Labute approximate surface area is 78.3 Å². The summed E-state index contributed by atoms with van der Waals surface area (Å²) < 4.78 is 68.6. The van der Waals surface area contributed by atoms with E-state index in [9.17, 15) is 0 Å². The van der Waals surface area contributed by atoms with Gasteiger partial charge in [-0.05, 0) is 0 Å². The zero-order valence-electron chi connectivity index (χ0n) is 4.34. The van der Waals surface area contributed by atoms with Gasteiger partial charge in [0.25, 0.3) is 0 Å². The minimum atomic E-state index is -5.62. The van der Waals surface area contributed by atoms with Crippen molar-refractivity contribution in [2.45, 2.75) is 0 Å². The Hall–Kier alpha value is 1.13. The van der Waals surface area contributed by atoms with Gasteiger partial charge in [0.15, 0.2) is 0 Å². The van der Waals surface area contributed by atoms with Gasteiger partial charge in [0.1, 0.15) is 0 Å². The molecule has 11 heteroatoms. The topological polar surface area (TPSA) is 184 Å². The second-order valence-electron chi connectivity index (χ2n) is 0.756. The predicted octanol–water partition coefficient (Wildman–Crippen LogP) is -9.51. The quantitative estimate of drug-likeness (QED) is 0.387. The summed E-state index contributed by atoms with van der Waals surface area (Å²) in [6.45, 7) is 0. The molecule has 0 unspecified atom stereocenters. The summed E-state index contributed by atoms with van der Waals surface area (Å²) in [5.41, 5.74) is 0. The van der Waals surface area contributed by atoms with Crippen molar-refractivity contribution in [2.75, 3.05) is 0 Å². The molecule has 0 radical (unpaired) electrons. The Morgan fingerprint density at radius 3 is 0.455 bits per heavy atom. The van der Waals surface area contributed by atoms with Gasteiger partial charge in [-0.2, -0.15) is 0 Å². The van der Waals surface area contributed by atoms with Crippen molar-refractivity contribution >= 4 is 0 Å². The average Bonchev–Trinajstić information content (AvgIpc) is 1.12. The van der Waals surface area contributed by atoms with Gasteiger partial charge >= 0.3 is 16.5 Å². The van der Waals surface area contributed by atoms with E-state index < -0.39 is 28.2 Å². The van der Waals surface area contributed by atoms with Crippen LogP contribution in [0.1, 0.15) is 0 Å². The van der Waals surface area contributed by atoms with Crippen LogP contribution in [0.2, 0.25) is 0 Å². The molecule has 0 aromatic rings. The predicted molar refractivity (Wildman–Crippen MR) is 0 cm³/mol. The molecule has 0 saturated carbocycles. The average molecular weight is 346 g/mol. The van der Waals surface area contributed by atoms with Crippen LogP contribution in [0.3, 0.4) is 0 Å². The van der Waals surface area contributed by atoms with Crippen molar-refractivity contribution < 1.29 is 78.3 Å². The molecule has 0 fully saturated rings. The van der Waals surface area contributed by atoms with E-state index in [1.807, 2.05) is 0 Å². The third-order valence-corrected chi connectivity index (χ3v) is 0. The first-order chi connectivity index (χ1) is 4.00. The summed E-state index contributed by atoms with van der Waals surface area (Å²) in [4.78, 5) is 0. The van der Waals surface area contributed by atoms with Crippen LogP contribution in [0.15, 0.2) is 0 Å². The molecule has 0 amide bonds. The molecule has 0 aromatic carbocycles. The molecule has 0 aliphatic heterocycles. The molecule has 0 spiro atoms. The van der Waals surface area contributed by atoms with Gasteiger partial charge in [-0.3, -0.25) is 33.6 Å². The number of rotatable bonds is 0. The van der Waals surface area contributed by atoms with Crippen LogP contribution in [-0.2, 0) is 16.5 Å². The van der Waals surface area contributed by atoms with Crippen LogP contribution in [0.25, 0.3) is 0 Å². The van der Waals surface area contributed by atoms with Crippen molar-refractivity contribution in [3.8, 4) is 0 Å². The maximum Gasteiger partial charge on any atom is 2.00 e. The number of hydrogen-bond acceptors (Lipinski definition) is 8. The first kappa shape index (κ1) is 18.0. The van der Waals surface area contributed by atoms with Crippen molar-refractivity contribution in [1.82, 2.24) is 0 Å². The maximum atomic E-state index is 8.58. The molecule has 8 nitrogen and oxygen atoms in total. The van der Waals surface area contributed by atoms with Crippen molar-refractivity contribution in [3.05, 3.63) is 0 Å².